The number of ketones is 1. The van der Waals surface area contributed by atoms with Crippen LogP contribution in [0.15, 0.2) is 90.0 Å². The molecular weight excluding hydrogens is 744 g/mol. The van der Waals surface area contributed by atoms with Crippen molar-refractivity contribution in [1.29, 1.82) is 0 Å². The topological polar surface area (TPSA) is 120 Å². The van der Waals surface area contributed by atoms with Crippen molar-refractivity contribution in [2.75, 3.05) is 7.11 Å². The Morgan fingerprint density at radius 1 is 0.808 bits per heavy atom. The van der Waals surface area contributed by atoms with Gasteiger partial charge in [-0.3, -0.25) is 4.79 Å². The van der Waals surface area contributed by atoms with Crippen molar-refractivity contribution in [2.45, 2.75) is 46.5 Å². The van der Waals surface area contributed by atoms with Crippen LogP contribution in [0, 0.1) is 20.8 Å². The Kier molecular flexibility index (Phi) is 18.6. The third-order valence-corrected chi connectivity index (χ3v) is 7.33. The summed E-state index contributed by atoms with van der Waals surface area (Å²) in [6.07, 6.45) is -8.33. The summed E-state index contributed by atoms with van der Waals surface area (Å²) in [5.74, 6) is 0.217. The number of carbonyl (C=O) groups excluding carboxylic acids is 1. The Morgan fingerprint density at radius 2 is 1.29 bits per heavy atom. The van der Waals surface area contributed by atoms with Crippen LogP contribution in [0.1, 0.15) is 40.4 Å². The number of benzene rings is 4. The zero-order chi connectivity index (χ0) is 38.5. The van der Waals surface area contributed by atoms with Crippen molar-refractivity contribution in [3.05, 3.63) is 139 Å². The second-order valence-corrected chi connectivity index (χ2v) is 11.5. The Morgan fingerprint density at radius 3 is 1.73 bits per heavy atom. The van der Waals surface area contributed by atoms with Gasteiger partial charge in [-0.2, -0.15) is 33.5 Å². The van der Waals surface area contributed by atoms with Gasteiger partial charge in [0.1, 0.15) is 11.5 Å². The van der Waals surface area contributed by atoms with Crippen LogP contribution in [-0.2, 0) is 23.6 Å². The predicted molar refractivity (Wildman–Crippen MR) is 183 cm³/mol. The van der Waals surface area contributed by atoms with Gasteiger partial charge in [-0.25, -0.2) is 4.68 Å². The van der Waals surface area contributed by atoms with Crippen LogP contribution in [0.2, 0.25) is 10.0 Å². The van der Waals surface area contributed by atoms with Crippen molar-refractivity contribution in [3.63, 3.8) is 0 Å². The molecule has 0 spiro atoms. The number of hydrogen-bond acceptors (Lipinski definition) is 5. The normalized spacial score (nSPS) is 10.5. The minimum Gasteiger partial charge on any atom is -0.857 e. The standard InChI is InChI=1S/C17H13ClF3N3.C10H12O.C7H3ClF3N3.CH3O.Na/c1-10-3-5-12(6-4-10)16-11(2)24(23-22-16)15-8-7-13(9-14(15)18)17(19,20)21;1-8-3-5-10(6-4-8)7-9(2)11;8-5-3-4(7(9,10)11)1-2-6(5)13-14-12;1-2;/h3-9H,1-2H3;3-6H,7H2,1-2H3;1-3H;1H3;/q;;;-1;+1. The summed E-state index contributed by atoms with van der Waals surface area (Å²) < 4.78 is 76.0. The summed E-state index contributed by atoms with van der Waals surface area (Å²) in [6, 6.07) is 21.5. The fourth-order valence-corrected chi connectivity index (χ4v) is 4.68. The summed E-state index contributed by atoms with van der Waals surface area (Å²) in [5.41, 5.74) is 12.4. The summed E-state index contributed by atoms with van der Waals surface area (Å²) in [4.78, 5) is 13.1. The van der Waals surface area contributed by atoms with E-state index in [0.717, 1.165) is 48.1 Å². The molecule has 0 unspecified atom stereocenters. The van der Waals surface area contributed by atoms with Crippen LogP contribution >= 0.6 is 23.2 Å². The van der Waals surface area contributed by atoms with Crippen molar-refractivity contribution in [3.8, 4) is 16.9 Å². The first-order chi connectivity index (χ1) is 23.9. The van der Waals surface area contributed by atoms with E-state index >= 15 is 0 Å². The Labute approximate surface area is 328 Å². The smallest absolute Gasteiger partial charge is 0.857 e. The molecule has 0 aliphatic carbocycles. The molecule has 5 rings (SSSR count). The van der Waals surface area contributed by atoms with Gasteiger partial charge in [0, 0.05) is 16.9 Å². The molecule has 0 amide bonds. The van der Waals surface area contributed by atoms with Crippen LogP contribution in [0.3, 0.4) is 0 Å². The first-order valence-electron chi connectivity index (χ1n) is 14.6. The Balaban J connectivity index is 0.000000412. The molecule has 8 nitrogen and oxygen atoms in total. The van der Waals surface area contributed by atoms with Gasteiger partial charge in [0.2, 0.25) is 0 Å². The number of hydrogen-bond donors (Lipinski definition) is 0. The van der Waals surface area contributed by atoms with Crippen molar-refractivity contribution >= 4 is 34.7 Å². The number of azide groups is 1. The third-order valence-electron chi connectivity index (χ3n) is 6.72. The molecule has 1 aromatic heterocycles. The van der Waals surface area contributed by atoms with Crippen molar-refractivity contribution in [1.82, 2.24) is 15.0 Å². The van der Waals surface area contributed by atoms with Gasteiger partial charge in [-0.15, -0.1) is 5.10 Å². The van der Waals surface area contributed by atoms with Crippen molar-refractivity contribution in [2.24, 2.45) is 5.11 Å². The molecule has 0 aliphatic heterocycles. The van der Waals surface area contributed by atoms with E-state index in [-0.39, 0.29) is 51.1 Å². The Hall–Kier alpha value is -3.88. The molecule has 17 heteroatoms. The minimum atomic E-state index is -4.45. The van der Waals surface area contributed by atoms with E-state index in [2.05, 4.69) is 20.3 Å². The predicted octanol–water partition coefficient (Wildman–Crippen LogP) is 7.63. The van der Waals surface area contributed by atoms with Crippen LogP contribution in [0.25, 0.3) is 27.4 Å². The molecule has 0 bridgehead atoms. The third kappa shape index (κ3) is 13.9. The summed E-state index contributed by atoms with van der Waals surface area (Å²) in [6.45, 7) is 7.43. The number of nitrogens with zero attached hydrogens (tertiary/aromatic N) is 6. The first-order valence-corrected chi connectivity index (χ1v) is 15.4. The molecule has 0 saturated heterocycles. The molecular formula is C35H31Cl2F6N6NaO2. The number of carbonyl (C=O) groups is 1. The fourth-order valence-electron chi connectivity index (χ4n) is 4.20. The van der Waals surface area contributed by atoms with Gasteiger partial charge < -0.3 is 5.11 Å². The van der Waals surface area contributed by atoms with Gasteiger partial charge in [-0.1, -0.05) is 99.3 Å². The van der Waals surface area contributed by atoms with E-state index in [9.17, 15) is 31.1 Å². The van der Waals surface area contributed by atoms with Gasteiger partial charge in [0.15, 0.2) is 0 Å². The molecule has 1 heterocycles. The average Bonchev–Trinajstić information content (AvgIpc) is 3.44. The summed E-state index contributed by atoms with van der Waals surface area (Å²) in [5, 5.41) is 19.3. The second-order valence-electron chi connectivity index (χ2n) is 10.7. The van der Waals surface area contributed by atoms with Crippen LogP contribution in [0.4, 0.5) is 32.0 Å². The SMILES string of the molecule is CC(=O)Cc1ccc(C)cc1.C[O-].Cc1ccc(-c2nnn(-c3ccc(C(F)(F)F)cc3Cl)c2C)cc1.[N-]=[N+]=Nc1ccc(C(F)(F)F)cc1Cl.[Na+]. The average molecular weight is 776 g/mol. The molecule has 0 fully saturated rings. The number of halogens is 8. The van der Waals surface area contributed by atoms with Crippen LogP contribution < -0.4 is 34.7 Å². The van der Waals surface area contributed by atoms with Crippen molar-refractivity contribution < 1.29 is 65.8 Å². The van der Waals surface area contributed by atoms with E-state index in [4.69, 9.17) is 33.8 Å². The molecule has 0 aliphatic rings. The molecule has 0 atom stereocenters. The first kappa shape index (κ1) is 46.1. The maximum absolute atomic E-state index is 12.7. The molecule has 0 saturated carbocycles. The van der Waals surface area contributed by atoms with Crippen LogP contribution in [-0.4, -0.2) is 27.9 Å². The fraction of sp³-hybridized carbons (Fsp3) is 0.229. The van der Waals surface area contributed by atoms with Gasteiger partial charge in [0.05, 0.1) is 38.2 Å². The molecule has 0 N–H and O–H groups in total. The molecule has 52 heavy (non-hydrogen) atoms. The molecule has 5 aromatic rings. The van der Waals surface area contributed by atoms with Gasteiger partial charge >= 0.3 is 41.9 Å². The second kappa shape index (κ2) is 21.0. The molecule has 270 valence electrons. The van der Waals surface area contributed by atoms with E-state index < -0.39 is 23.5 Å². The zero-order valence-electron chi connectivity index (χ0n) is 28.8. The largest absolute Gasteiger partial charge is 1.00 e. The van der Waals surface area contributed by atoms with Gasteiger partial charge in [-0.05, 0) is 69.1 Å². The summed E-state index contributed by atoms with van der Waals surface area (Å²) in [7, 11) is 0.750. The molecule has 0 radical (unpaired) electrons. The monoisotopic (exact) mass is 774 g/mol. The summed E-state index contributed by atoms with van der Waals surface area (Å²) >= 11 is 11.5. The minimum absolute atomic E-state index is 0. The quantitative estimate of drug-likeness (QED) is 0.0600. The maximum Gasteiger partial charge on any atom is 1.00 e. The van der Waals surface area contributed by atoms with Gasteiger partial charge in [0.25, 0.3) is 0 Å². The van der Waals surface area contributed by atoms with Crippen LogP contribution in [0.5, 0.6) is 0 Å². The van der Waals surface area contributed by atoms with E-state index in [1.807, 2.05) is 62.4 Å². The van der Waals surface area contributed by atoms with E-state index in [1.165, 1.54) is 16.3 Å². The number of rotatable bonds is 5. The zero-order valence-corrected chi connectivity index (χ0v) is 32.3. The van der Waals surface area contributed by atoms with E-state index in [1.54, 1.807) is 13.8 Å². The Bertz CT molecular complexity index is 1960. The molecule has 4 aromatic carbocycles. The maximum atomic E-state index is 12.7. The van der Waals surface area contributed by atoms with E-state index in [0.29, 0.717) is 29.6 Å². The number of Topliss-reactive ketones (excluding diaryl/α,β-unsaturated/α-hetero) is 1. The number of alkyl halides is 6. The number of aromatic nitrogens is 3. The number of aryl methyl sites for hydroxylation is 2.